The highest BCUT2D eigenvalue weighted by Gasteiger charge is 1.89. The van der Waals surface area contributed by atoms with Crippen molar-refractivity contribution in [1.82, 2.24) is 0 Å². The minimum Gasteiger partial charge on any atom is -0.467 e. The molecular formula is C5H7NO. The highest BCUT2D eigenvalue weighted by atomic mass is 16.3. The molecule has 0 saturated carbocycles. The Bertz CT molecular complexity index is 140. The molecule has 7 heavy (non-hydrogen) atoms. The molecule has 0 aliphatic heterocycles. The number of nitrogens with two attached hydrogens (primary N) is 1. The first kappa shape index (κ1) is 4.24. The maximum atomic E-state index is 5.35. The number of aryl methyl sites for hydroxylation is 1. The summed E-state index contributed by atoms with van der Waals surface area (Å²) in [6, 6.07) is 1.73. The van der Waals surface area contributed by atoms with Crippen molar-refractivity contribution in [3.8, 4) is 0 Å². The number of rotatable bonds is 0. The second-order valence-electron chi connectivity index (χ2n) is 1.43. The molecule has 1 aromatic rings. The Balaban J connectivity index is 3.12. The third-order valence-corrected chi connectivity index (χ3v) is 0.899. The van der Waals surface area contributed by atoms with Gasteiger partial charge >= 0.3 is 0 Å². The Morgan fingerprint density at radius 2 is 2.43 bits per heavy atom. The monoisotopic (exact) mass is 97.1 g/mol. The molecular weight excluding hydrogens is 90.1 g/mol. The van der Waals surface area contributed by atoms with Crippen molar-refractivity contribution >= 4 is 5.69 Å². The van der Waals surface area contributed by atoms with Gasteiger partial charge < -0.3 is 10.2 Å². The second kappa shape index (κ2) is 1.30. The van der Waals surface area contributed by atoms with Crippen LogP contribution in [0.1, 0.15) is 5.76 Å². The number of hydrogen-bond acceptors (Lipinski definition) is 2. The molecule has 1 rings (SSSR count). The zero-order valence-corrected chi connectivity index (χ0v) is 4.14. The van der Waals surface area contributed by atoms with Gasteiger partial charge in [0.15, 0.2) is 0 Å². The van der Waals surface area contributed by atoms with Crippen LogP contribution in [0.25, 0.3) is 0 Å². The van der Waals surface area contributed by atoms with Gasteiger partial charge in [-0.2, -0.15) is 0 Å². The molecule has 1 aromatic heterocycles. The van der Waals surface area contributed by atoms with E-state index in [0.29, 0.717) is 0 Å². The SMILES string of the molecule is Cc1occc1N. The molecule has 0 unspecified atom stereocenters. The van der Waals surface area contributed by atoms with Crippen LogP contribution >= 0.6 is 0 Å². The lowest BCUT2D eigenvalue weighted by Crippen LogP contribution is -1.80. The third-order valence-electron chi connectivity index (χ3n) is 0.899. The molecule has 0 aliphatic rings. The van der Waals surface area contributed by atoms with E-state index in [-0.39, 0.29) is 0 Å². The van der Waals surface area contributed by atoms with E-state index >= 15 is 0 Å². The molecule has 0 bridgehead atoms. The Morgan fingerprint density at radius 1 is 1.71 bits per heavy atom. The lowest BCUT2D eigenvalue weighted by Gasteiger charge is -1.80. The van der Waals surface area contributed by atoms with Crippen LogP contribution in [0.3, 0.4) is 0 Å². The summed E-state index contributed by atoms with van der Waals surface area (Å²) >= 11 is 0. The second-order valence-corrected chi connectivity index (χ2v) is 1.43. The zero-order valence-electron chi connectivity index (χ0n) is 4.14. The largest absolute Gasteiger partial charge is 0.467 e. The quantitative estimate of drug-likeness (QED) is 0.527. The minimum atomic E-state index is 0.722. The Hall–Kier alpha value is -0.920. The molecule has 2 N–H and O–H groups in total. The van der Waals surface area contributed by atoms with E-state index in [0.717, 1.165) is 11.4 Å². The minimum absolute atomic E-state index is 0.722. The van der Waals surface area contributed by atoms with Gasteiger partial charge in [-0.3, -0.25) is 0 Å². The molecule has 0 fully saturated rings. The Kier molecular flexibility index (Phi) is 0.785. The number of nitrogen functional groups attached to an aromatic ring is 1. The van der Waals surface area contributed by atoms with Crippen LogP contribution in [-0.4, -0.2) is 0 Å². The van der Waals surface area contributed by atoms with Crippen LogP contribution < -0.4 is 5.73 Å². The predicted molar refractivity (Wildman–Crippen MR) is 27.9 cm³/mol. The van der Waals surface area contributed by atoms with Crippen LogP contribution in [0.15, 0.2) is 16.7 Å². The summed E-state index contributed by atoms with van der Waals surface area (Å²) in [5, 5.41) is 0. The summed E-state index contributed by atoms with van der Waals surface area (Å²) in [6.45, 7) is 1.83. The van der Waals surface area contributed by atoms with Crippen molar-refractivity contribution in [2.45, 2.75) is 6.92 Å². The highest BCUT2D eigenvalue weighted by Crippen LogP contribution is 2.08. The fourth-order valence-electron chi connectivity index (χ4n) is 0.395. The maximum Gasteiger partial charge on any atom is 0.123 e. The van der Waals surface area contributed by atoms with Crippen molar-refractivity contribution in [2.75, 3.05) is 5.73 Å². The van der Waals surface area contributed by atoms with Gasteiger partial charge in [-0.15, -0.1) is 0 Å². The summed E-state index contributed by atoms with van der Waals surface area (Å²) in [7, 11) is 0. The first-order valence-electron chi connectivity index (χ1n) is 2.10. The van der Waals surface area contributed by atoms with E-state index in [4.69, 9.17) is 10.2 Å². The molecule has 2 heteroatoms. The maximum absolute atomic E-state index is 5.35. The van der Waals surface area contributed by atoms with Gasteiger partial charge in [0.1, 0.15) is 5.76 Å². The van der Waals surface area contributed by atoms with Gasteiger partial charge in [-0.1, -0.05) is 0 Å². The van der Waals surface area contributed by atoms with Crippen LogP contribution in [0.2, 0.25) is 0 Å². The first-order valence-corrected chi connectivity index (χ1v) is 2.10. The number of furan rings is 1. The van der Waals surface area contributed by atoms with E-state index in [2.05, 4.69) is 0 Å². The van der Waals surface area contributed by atoms with E-state index < -0.39 is 0 Å². The van der Waals surface area contributed by atoms with E-state index in [1.807, 2.05) is 6.92 Å². The molecule has 0 saturated heterocycles. The summed E-state index contributed by atoms with van der Waals surface area (Å²) in [5.41, 5.74) is 6.07. The van der Waals surface area contributed by atoms with Gasteiger partial charge in [0, 0.05) is 0 Å². The fourth-order valence-corrected chi connectivity index (χ4v) is 0.395. The lowest BCUT2D eigenvalue weighted by atomic mass is 10.4. The molecule has 0 atom stereocenters. The molecule has 38 valence electrons. The molecule has 0 radical (unpaired) electrons. The van der Waals surface area contributed by atoms with Crippen molar-refractivity contribution in [3.63, 3.8) is 0 Å². The summed E-state index contributed by atoms with van der Waals surface area (Å²) in [4.78, 5) is 0. The normalized spacial score (nSPS) is 9.29. The van der Waals surface area contributed by atoms with Crippen LogP contribution in [0, 0.1) is 6.92 Å². The Morgan fingerprint density at radius 3 is 2.57 bits per heavy atom. The van der Waals surface area contributed by atoms with Gasteiger partial charge in [0.2, 0.25) is 0 Å². The molecule has 0 spiro atoms. The summed E-state index contributed by atoms with van der Waals surface area (Å²) in [5.74, 6) is 0.792. The molecule has 0 aromatic carbocycles. The van der Waals surface area contributed by atoms with E-state index in [1.54, 1.807) is 12.3 Å². The molecule has 1 heterocycles. The van der Waals surface area contributed by atoms with Crippen LogP contribution in [0.4, 0.5) is 5.69 Å². The van der Waals surface area contributed by atoms with Crippen molar-refractivity contribution < 1.29 is 4.42 Å². The van der Waals surface area contributed by atoms with Gasteiger partial charge in [0.05, 0.1) is 12.0 Å². The fraction of sp³-hybridized carbons (Fsp3) is 0.200. The number of anilines is 1. The average molecular weight is 97.1 g/mol. The van der Waals surface area contributed by atoms with Gasteiger partial charge in [-0.25, -0.2) is 0 Å². The average Bonchev–Trinajstić information content (AvgIpc) is 1.91. The zero-order chi connectivity index (χ0) is 5.28. The van der Waals surface area contributed by atoms with Crippen molar-refractivity contribution in [3.05, 3.63) is 18.1 Å². The van der Waals surface area contributed by atoms with E-state index in [1.165, 1.54) is 0 Å². The third kappa shape index (κ3) is 0.585. The topological polar surface area (TPSA) is 39.2 Å². The standard InChI is InChI=1S/C5H7NO/c1-4-5(6)2-3-7-4/h2-3H,6H2,1H3. The smallest absolute Gasteiger partial charge is 0.123 e. The Labute approximate surface area is 41.9 Å². The van der Waals surface area contributed by atoms with Crippen molar-refractivity contribution in [2.24, 2.45) is 0 Å². The summed E-state index contributed by atoms with van der Waals surface area (Å²) in [6.07, 6.45) is 1.57. The summed E-state index contributed by atoms with van der Waals surface area (Å²) < 4.78 is 4.84. The van der Waals surface area contributed by atoms with E-state index in [9.17, 15) is 0 Å². The molecule has 0 aliphatic carbocycles. The first-order chi connectivity index (χ1) is 3.30. The van der Waals surface area contributed by atoms with Crippen LogP contribution in [-0.2, 0) is 0 Å². The van der Waals surface area contributed by atoms with Gasteiger partial charge in [-0.05, 0) is 13.0 Å². The van der Waals surface area contributed by atoms with Crippen molar-refractivity contribution in [1.29, 1.82) is 0 Å². The predicted octanol–water partition coefficient (Wildman–Crippen LogP) is 1.17. The van der Waals surface area contributed by atoms with Crippen LogP contribution in [0.5, 0.6) is 0 Å². The van der Waals surface area contributed by atoms with Gasteiger partial charge in [0.25, 0.3) is 0 Å². The molecule has 2 nitrogen and oxygen atoms in total. The molecule has 0 amide bonds. The highest BCUT2D eigenvalue weighted by molar-refractivity contribution is 5.39. The number of hydrogen-bond donors (Lipinski definition) is 1. The lowest BCUT2D eigenvalue weighted by molar-refractivity contribution is 0.535.